The Hall–Kier alpha value is -2.30. The Bertz CT molecular complexity index is 693. The third-order valence-electron chi connectivity index (χ3n) is 4.34. The predicted octanol–water partition coefficient (Wildman–Crippen LogP) is 2.47. The molecule has 3 rings (SSSR count). The van der Waals surface area contributed by atoms with E-state index in [-0.39, 0.29) is 5.91 Å². The third kappa shape index (κ3) is 3.55. The molecule has 0 fully saturated rings. The van der Waals surface area contributed by atoms with Crippen LogP contribution >= 0.6 is 0 Å². The summed E-state index contributed by atoms with van der Waals surface area (Å²) in [7, 11) is 1.98. The standard InChI is InChI=1S/C18H23N3O2/c1-14-6-3-4-7-17(14)23-11-5-8-18(22)21-10-9-15-16(12-21)20(2)13-19-15/h3-4,6-7,13H,5,8-12H2,1-2H3. The lowest BCUT2D eigenvalue weighted by atomic mass is 10.1. The lowest BCUT2D eigenvalue weighted by Crippen LogP contribution is -2.36. The number of imidazole rings is 1. The second-order valence-corrected chi connectivity index (χ2v) is 6.03. The quantitative estimate of drug-likeness (QED) is 0.797. The molecule has 0 N–H and O–H groups in total. The summed E-state index contributed by atoms with van der Waals surface area (Å²) < 4.78 is 7.76. The number of nitrogens with zero attached hydrogens (tertiary/aromatic N) is 3. The van der Waals surface area contributed by atoms with Gasteiger partial charge in [-0.1, -0.05) is 18.2 Å². The Balaban J connectivity index is 1.45. The minimum atomic E-state index is 0.199. The molecular formula is C18H23N3O2. The molecule has 0 unspecified atom stereocenters. The molecule has 5 nitrogen and oxygen atoms in total. The third-order valence-corrected chi connectivity index (χ3v) is 4.34. The molecule has 0 atom stereocenters. The first kappa shape index (κ1) is 15.6. The van der Waals surface area contributed by atoms with Crippen LogP contribution in [0.15, 0.2) is 30.6 Å². The van der Waals surface area contributed by atoms with Crippen LogP contribution < -0.4 is 4.74 Å². The van der Waals surface area contributed by atoms with E-state index in [2.05, 4.69) is 4.98 Å². The van der Waals surface area contributed by atoms with Gasteiger partial charge in [-0.2, -0.15) is 0 Å². The van der Waals surface area contributed by atoms with Gasteiger partial charge in [0.05, 0.1) is 30.9 Å². The molecular weight excluding hydrogens is 290 g/mol. The van der Waals surface area contributed by atoms with Crippen LogP contribution in [0.1, 0.15) is 29.8 Å². The number of carbonyl (C=O) groups excluding carboxylic acids is 1. The van der Waals surface area contributed by atoms with Gasteiger partial charge in [0.25, 0.3) is 0 Å². The van der Waals surface area contributed by atoms with E-state index in [1.54, 1.807) is 0 Å². The molecule has 1 aliphatic heterocycles. The number of carbonyl (C=O) groups is 1. The molecule has 1 amide bonds. The van der Waals surface area contributed by atoms with Crippen molar-refractivity contribution in [1.29, 1.82) is 0 Å². The zero-order valence-corrected chi connectivity index (χ0v) is 13.8. The molecule has 2 heterocycles. The van der Waals surface area contributed by atoms with Crippen molar-refractivity contribution >= 4 is 5.91 Å². The lowest BCUT2D eigenvalue weighted by molar-refractivity contribution is -0.132. The normalized spacial score (nSPS) is 13.7. The van der Waals surface area contributed by atoms with Crippen molar-refractivity contribution in [2.24, 2.45) is 7.05 Å². The highest BCUT2D eigenvalue weighted by molar-refractivity contribution is 5.76. The van der Waals surface area contributed by atoms with Gasteiger partial charge in [-0.05, 0) is 25.0 Å². The summed E-state index contributed by atoms with van der Waals surface area (Å²) in [6.45, 7) is 4.03. The van der Waals surface area contributed by atoms with E-state index in [4.69, 9.17) is 4.74 Å². The number of rotatable bonds is 5. The topological polar surface area (TPSA) is 47.4 Å². The number of aromatic nitrogens is 2. The van der Waals surface area contributed by atoms with Crippen LogP contribution in [0.3, 0.4) is 0 Å². The smallest absolute Gasteiger partial charge is 0.223 e. The number of ether oxygens (including phenoxy) is 1. The summed E-state index contributed by atoms with van der Waals surface area (Å²) in [5.41, 5.74) is 3.40. The molecule has 5 heteroatoms. The predicted molar refractivity (Wildman–Crippen MR) is 88.2 cm³/mol. The first-order valence-electron chi connectivity index (χ1n) is 8.10. The molecule has 0 saturated heterocycles. The molecule has 0 spiro atoms. The summed E-state index contributed by atoms with van der Waals surface area (Å²) in [5, 5.41) is 0. The molecule has 1 aromatic heterocycles. The Morgan fingerprint density at radius 2 is 2.17 bits per heavy atom. The Labute approximate surface area is 136 Å². The zero-order chi connectivity index (χ0) is 16.2. The zero-order valence-electron chi connectivity index (χ0n) is 13.8. The fraction of sp³-hybridized carbons (Fsp3) is 0.444. The maximum absolute atomic E-state index is 12.4. The van der Waals surface area contributed by atoms with Crippen molar-refractivity contribution in [1.82, 2.24) is 14.5 Å². The van der Waals surface area contributed by atoms with Gasteiger partial charge >= 0.3 is 0 Å². The summed E-state index contributed by atoms with van der Waals surface area (Å²) in [6, 6.07) is 7.95. The fourth-order valence-corrected chi connectivity index (χ4v) is 2.91. The number of hydrogen-bond acceptors (Lipinski definition) is 3. The fourth-order valence-electron chi connectivity index (χ4n) is 2.91. The van der Waals surface area contributed by atoms with Gasteiger partial charge in [-0.15, -0.1) is 0 Å². The molecule has 23 heavy (non-hydrogen) atoms. The lowest BCUT2D eigenvalue weighted by Gasteiger charge is -2.27. The van der Waals surface area contributed by atoms with Crippen LogP contribution in [-0.2, 0) is 24.8 Å². The summed E-state index contributed by atoms with van der Waals surface area (Å²) in [6.07, 6.45) is 3.94. The van der Waals surface area contributed by atoms with E-state index in [9.17, 15) is 4.79 Å². The minimum absolute atomic E-state index is 0.199. The summed E-state index contributed by atoms with van der Waals surface area (Å²) >= 11 is 0. The van der Waals surface area contributed by atoms with Gasteiger partial charge in [-0.3, -0.25) is 4.79 Å². The molecule has 0 saturated carbocycles. The number of hydrogen-bond donors (Lipinski definition) is 0. The van der Waals surface area contributed by atoms with Crippen molar-refractivity contribution in [2.75, 3.05) is 13.2 Å². The number of fused-ring (bicyclic) bond motifs is 1. The Morgan fingerprint density at radius 3 is 3.00 bits per heavy atom. The van der Waals surface area contributed by atoms with Crippen molar-refractivity contribution < 1.29 is 9.53 Å². The van der Waals surface area contributed by atoms with Gasteiger partial charge in [0.2, 0.25) is 5.91 Å². The van der Waals surface area contributed by atoms with Crippen LogP contribution in [0.4, 0.5) is 0 Å². The highest BCUT2D eigenvalue weighted by atomic mass is 16.5. The van der Waals surface area contributed by atoms with E-state index in [0.717, 1.165) is 42.1 Å². The largest absolute Gasteiger partial charge is 0.493 e. The highest BCUT2D eigenvalue weighted by Gasteiger charge is 2.23. The average molecular weight is 313 g/mol. The van der Waals surface area contributed by atoms with Gasteiger partial charge in [0.15, 0.2) is 0 Å². The van der Waals surface area contributed by atoms with Crippen LogP contribution in [0, 0.1) is 6.92 Å². The van der Waals surface area contributed by atoms with Crippen molar-refractivity contribution in [2.45, 2.75) is 32.7 Å². The van der Waals surface area contributed by atoms with E-state index < -0.39 is 0 Å². The number of amides is 1. The first-order chi connectivity index (χ1) is 11.1. The highest BCUT2D eigenvalue weighted by Crippen LogP contribution is 2.19. The maximum Gasteiger partial charge on any atom is 0.223 e. The second kappa shape index (κ2) is 6.86. The van der Waals surface area contributed by atoms with Crippen molar-refractivity contribution in [3.8, 4) is 5.75 Å². The van der Waals surface area contributed by atoms with E-state index in [0.29, 0.717) is 19.6 Å². The monoisotopic (exact) mass is 313 g/mol. The number of aryl methyl sites for hydroxylation is 2. The maximum atomic E-state index is 12.4. The Morgan fingerprint density at radius 1 is 1.35 bits per heavy atom. The minimum Gasteiger partial charge on any atom is -0.493 e. The molecule has 2 aromatic rings. The van der Waals surface area contributed by atoms with Crippen molar-refractivity contribution in [3.05, 3.63) is 47.5 Å². The number of para-hydroxylation sites is 1. The van der Waals surface area contributed by atoms with Gasteiger partial charge in [0.1, 0.15) is 5.75 Å². The van der Waals surface area contributed by atoms with Gasteiger partial charge in [-0.25, -0.2) is 4.98 Å². The van der Waals surface area contributed by atoms with E-state index in [1.807, 2.05) is 54.0 Å². The number of benzene rings is 1. The first-order valence-corrected chi connectivity index (χ1v) is 8.10. The molecule has 0 radical (unpaired) electrons. The molecule has 122 valence electrons. The van der Waals surface area contributed by atoms with Crippen molar-refractivity contribution in [3.63, 3.8) is 0 Å². The molecule has 1 aliphatic rings. The summed E-state index contributed by atoms with van der Waals surface area (Å²) in [5.74, 6) is 1.10. The molecule has 0 bridgehead atoms. The van der Waals surface area contributed by atoms with Crippen LogP contribution in [0.5, 0.6) is 5.75 Å². The van der Waals surface area contributed by atoms with Crippen LogP contribution in [0.25, 0.3) is 0 Å². The van der Waals surface area contributed by atoms with E-state index in [1.165, 1.54) is 0 Å². The van der Waals surface area contributed by atoms with Crippen LogP contribution in [-0.4, -0.2) is 33.5 Å². The summed E-state index contributed by atoms with van der Waals surface area (Å²) in [4.78, 5) is 18.7. The van der Waals surface area contributed by atoms with Crippen LogP contribution in [0.2, 0.25) is 0 Å². The van der Waals surface area contributed by atoms with Gasteiger partial charge < -0.3 is 14.2 Å². The molecule has 1 aromatic carbocycles. The van der Waals surface area contributed by atoms with E-state index >= 15 is 0 Å². The molecule has 0 aliphatic carbocycles. The average Bonchev–Trinajstić information content (AvgIpc) is 2.93. The SMILES string of the molecule is Cc1ccccc1OCCCC(=O)N1CCc2ncn(C)c2C1. The second-order valence-electron chi connectivity index (χ2n) is 6.03. The van der Waals surface area contributed by atoms with Gasteiger partial charge in [0, 0.05) is 26.4 Å². The Kier molecular flexibility index (Phi) is 4.65.